The van der Waals surface area contributed by atoms with Gasteiger partial charge in [-0.2, -0.15) is 4.72 Å². The standard InChI is InChI=1S/C12H15ClFNO5S/c1-20-6-2-3-11(12(16)17)15-21(18,19)8-4-5-10(14)9(13)7-8/h4-5,7,11,15H,2-3,6H2,1H3,(H,16,17). The summed E-state index contributed by atoms with van der Waals surface area (Å²) in [5.74, 6) is -2.06. The lowest BCUT2D eigenvalue weighted by molar-refractivity contribution is -0.139. The van der Waals surface area contributed by atoms with E-state index in [2.05, 4.69) is 4.72 Å². The van der Waals surface area contributed by atoms with Crippen LogP contribution in [0.5, 0.6) is 0 Å². The summed E-state index contributed by atoms with van der Waals surface area (Å²) in [6, 6.07) is 1.54. The molecule has 0 saturated carbocycles. The number of methoxy groups -OCH3 is 1. The molecule has 1 rings (SSSR count). The summed E-state index contributed by atoms with van der Waals surface area (Å²) in [5, 5.41) is 8.67. The summed E-state index contributed by atoms with van der Waals surface area (Å²) in [5.41, 5.74) is 0. The van der Waals surface area contributed by atoms with E-state index in [1.54, 1.807) is 0 Å². The Morgan fingerprint density at radius 2 is 2.19 bits per heavy atom. The van der Waals surface area contributed by atoms with Crippen LogP contribution in [0.25, 0.3) is 0 Å². The van der Waals surface area contributed by atoms with E-state index in [1.165, 1.54) is 7.11 Å². The number of benzene rings is 1. The first-order chi connectivity index (χ1) is 9.77. The van der Waals surface area contributed by atoms with Crippen molar-refractivity contribution in [3.05, 3.63) is 29.0 Å². The van der Waals surface area contributed by atoms with Crippen LogP contribution in [0.4, 0.5) is 4.39 Å². The van der Waals surface area contributed by atoms with E-state index in [9.17, 15) is 17.6 Å². The van der Waals surface area contributed by atoms with Crippen LogP contribution in [-0.2, 0) is 19.6 Å². The van der Waals surface area contributed by atoms with Gasteiger partial charge in [0, 0.05) is 13.7 Å². The van der Waals surface area contributed by atoms with Crippen molar-refractivity contribution in [3.8, 4) is 0 Å². The molecule has 21 heavy (non-hydrogen) atoms. The molecule has 1 atom stereocenters. The van der Waals surface area contributed by atoms with Crippen LogP contribution < -0.4 is 4.72 Å². The van der Waals surface area contributed by atoms with Crippen LogP contribution >= 0.6 is 11.6 Å². The molecule has 0 aliphatic heterocycles. The summed E-state index contributed by atoms with van der Waals surface area (Å²) < 4.78 is 44.0. The van der Waals surface area contributed by atoms with Gasteiger partial charge in [-0.25, -0.2) is 12.8 Å². The molecule has 0 heterocycles. The molecule has 9 heteroatoms. The molecule has 0 spiro atoms. The number of carbonyl (C=O) groups is 1. The second kappa shape index (κ2) is 7.69. The average Bonchev–Trinajstić information content (AvgIpc) is 2.40. The van der Waals surface area contributed by atoms with Crippen molar-refractivity contribution in [2.45, 2.75) is 23.8 Å². The van der Waals surface area contributed by atoms with Gasteiger partial charge in [-0.15, -0.1) is 0 Å². The Balaban J connectivity index is 2.89. The molecule has 2 N–H and O–H groups in total. The Kier molecular flexibility index (Phi) is 6.53. The number of aliphatic carboxylic acids is 1. The maximum absolute atomic E-state index is 13.0. The fourth-order valence-electron chi connectivity index (χ4n) is 1.56. The molecule has 1 unspecified atom stereocenters. The van der Waals surface area contributed by atoms with E-state index in [4.69, 9.17) is 21.4 Å². The summed E-state index contributed by atoms with van der Waals surface area (Å²) in [6.45, 7) is 0.313. The zero-order valence-corrected chi connectivity index (χ0v) is 12.7. The van der Waals surface area contributed by atoms with Gasteiger partial charge in [-0.05, 0) is 31.0 Å². The number of sulfonamides is 1. The van der Waals surface area contributed by atoms with Gasteiger partial charge in [0.05, 0.1) is 9.92 Å². The first-order valence-electron chi connectivity index (χ1n) is 5.97. The molecule has 6 nitrogen and oxygen atoms in total. The monoisotopic (exact) mass is 339 g/mol. The van der Waals surface area contributed by atoms with Gasteiger partial charge in [-0.1, -0.05) is 11.6 Å². The van der Waals surface area contributed by atoms with Crippen LogP contribution in [-0.4, -0.2) is 39.3 Å². The van der Waals surface area contributed by atoms with Gasteiger partial charge in [0.2, 0.25) is 10.0 Å². The summed E-state index contributed by atoms with van der Waals surface area (Å²) in [6.07, 6.45) is 0.442. The second-order valence-corrected chi connectivity index (χ2v) is 6.34. The van der Waals surface area contributed by atoms with Crippen LogP contribution in [0.15, 0.2) is 23.1 Å². The molecule has 118 valence electrons. The number of carboxylic acids is 1. The number of hydrogen-bond acceptors (Lipinski definition) is 4. The third kappa shape index (κ3) is 5.24. The van der Waals surface area contributed by atoms with E-state index in [0.29, 0.717) is 13.0 Å². The highest BCUT2D eigenvalue weighted by molar-refractivity contribution is 7.89. The lowest BCUT2D eigenvalue weighted by atomic mass is 10.2. The van der Waals surface area contributed by atoms with Crippen molar-refractivity contribution >= 4 is 27.6 Å². The summed E-state index contributed by atoms with van der Waals surface area (Å²) in [4.78, 5) is 10.8. The first kappa shape index (κ1) is 17.8. The molecular formula is C12H15ClFNO5S. The highest BCUT2D eigenvalue weighted by Gasteiger charge is 2.25. The number of nitrogens with one attached hydrogen (secondary N) is 1. The van der Waals surface area contributed by atoms with Crippen LogP contribution in [0, 0.1) is 5.82 Å². The Bertz CT molecular complexity index is 608. The van der Waals surface area contributed by atoms with E-state index < -0.39 is 27.9 Å². The maximum atomic E-state index is 13.0. The van der Waals surface area contributed by atoms with E-state index in [0.717, 1.165) is 18.2 Å². The fourth-order valence-corrected chi connectivity index (χ4v) is 3.06. The third-order valence-electron chi connectivity index (χ3n) is 2.64. The molecule has 1 aromatic rings. The Hall–Kier alpha value is -1.22. The molecule has 0 fully saturated rings. The molecule has 0 bridgehead atoms. The van der Waals surface area contributed by atoms with Gasteiger partial charge in [0.15, 0.2) is 0 Å². The minimum Gasteiger partial charge on any atom is -0.480 e. The largest absolute Gasteiger partial charge is 0.480 e. The lowest BCUT2D eigenvalue weighted by Crippen LogP contribution is -2.40. The van der Waals surface area contributed by atoms with Gasteiger partial charge in [0.1, 0.15) is 11.9 Å². The maximum Gasteiger partial charge on any atom is 0.321 e. The van der Waals surface area contributed by atoms with Crippen molar-refractivity contribution in [2.24, 2.45) is 0 Å². The van der Waals surface area contributed by atoms with E-state index in [1.807, 2.05) is 0 Å². The molecule has 0 saturated heterocycles. The zero-order valence-electron chi connectivity index (χ0n) is 11.2. The number of carboxylic acid groups (broad SMARTS) is 1. The van der Waals surface area contributed by atoms with Gasteiger partial charge >= 0.3 is 5.97 Å². The fraction of sp³-hybridized carbons (Fsp3) is 0.417. The molecule has 0 radical (unpaired) electrons. The highest BCUT2D eigenvalue weighted by atomic mass is 35.5. The smallest absolute Gasteiger partial charge is 0.321 e. The molecule has 1 aromatic carbocycles. The minimum atomic E-state index is -4.10. The highest BCUT2D eigenvalue weighted by Crippen LogP contribution is 2.19. The molecular weight excluding hydrogens is 325 g/mol. The number of hydrogen-bond donors (Lipinski definition) is 2. The van der Waals surface area contributed by atoms with Gasteiger partial charge in [-0.3, -0.25) is 4.79 Å². The van der Waals surface area contributed by atoms with Crippen LogP contribution in [0.3, 0.4) is 0 Å². The Morgan fingerprint density at radius 3 is 2.71 bits per heavy atom. The summed E-state index contributed by atoms with van der Waals surface area (Å²) >= 11 is 5.52. The number of rotatable bonds is 8. The molecule has 0 aliphatic carbocycles. The zero-order chi connectivity index (χ0) is 16.0. The van der Waals surface area contributed by atoms with Crippen molar-refractivity contribution in [1.82, 2.24) is 4.72 Å². The van der Waals surface area contributed by atoms with Crippen molar-refractivity contribution < 1.29 is 27.4 Å². The normalized spacial score (nSPS) is 13.1. The summed E-state index contributed by atoms with van der Waals surface area (Å²) in [7, 11) is -2.64. The SMILES string of the molecule is COCCCC(NS(=O)(=O)c1ccc(F)c(Cl)c1)C(=O)O. The van der Waals surface area contributed by atoms with Crippen LogP contribution in [0.2, 0.25) is 5.02 Å². The van der Waals surface area contributed by atoms with Gasteiger partial charge < -0.3 is 9.84 Å². The minimum absolute atomic E-state index is 0.0668. The van der Waals surface area contributed by atoms with Crippen molar-refractivity contribution in [2.75, 3.05) is 13.7 Å². The second-order valence-electron chi connectivity index (χ2n) is 4.22. The molecule has 0 aromatic heterocycles. The lowest BCUT2D eigenvalue weighted by Gasteiger charge is -2.14. The quantitative estimate of drug-likeness (QED) is 0.702. The predicted molar refractivity (Wildman–Crippen MR) is 74.3 cm³/mol. The van der Waals surface area contributed by atoms with Gasteiger partial charge in [0.25, 0.3) is 0 Å². The van der Waals surface area contributed by atoms with Crippen molar-refractivity contribution in [3.63, 3.8) is 0 Å². The third-order valence-corrected chi connectivity index (χ3v) is 4.40. The average molecular weight is 340 g/mol. The molecule has 0 aliphatic rings. The van der Waals surface area contributed by atoms with Crippen molar-refractivity contribution in [1.29, 1.82) is 0 Å². The Morgan fingerprint density at radius 1 is 1.52 bits per heavy atom. The van der Waals surface area contributed by atoms with Crippen LogP contribution in [0.1, 0.15) is 12.8 Å². The number of halogens is 2. The predicted octanol–water partition coefficient (Wildman–Crippen LogP) is 1.64. The topological polar surface area (TPSA) is 92.7 Å². The van der Waals surface area contributed by atoms with E-state index in [-0.39, 0.29) is 16.3 Å². The van der Waals surface area contributed by atoms with E-state index >= 15 is 0 Å². The molecule has 0 amide bonds. The first-order valence-corrected chi connectivity index (χ1v) is 7.83. The Labute approximate surface area is 126 Å². The number of ether oxygens (including phenoxy) is 1.